The summed E-state index contributed by atoms with van der Waals surface area (Å²) >= 11 is 0. The minimum Gasteiger partial charge on any atom is -0.456 e. The van der Waals surface area contributed by atoms with E-state index in [4.69, 9.17) is 9.47 Å². The van der Waals surface area contributed by atoms with E-state index in [1.54, 1.807) is 26.8 Å². The van der Waals surface area contributed by atoms with Crippen molar-refractivity contribution in [3.8, 4) is 0 Å². The Morgan fingerprint density at radius 3 is 2.70 bits per heavy atom. The largest absolute Gasteiger partial charge is 0.456 e. The summed E-state index contributed by atoms with van der Waals surface area (Å²) in [6, 6.07) is 7.35. The Morgan fingerprint density at radius 2 is 2.09 bits per heavy atom. The number of nitrogens with one attached hydrogen (secondary N) is 1. The molecule has 1 heterocycles. The molecule has 1 aliphatic rings. The Morgan fingerprint density at radius 1 is 1.35 bits per heavy atom. The van der Waals surface area contributed by atoms with Crippen molar-refractivity contribution >= 4 is 23.5 Å². The number of ether oxygens (including phenoxy) is 2. The Balaban J connectivity index is 1.88. The predicted molar refractivity (Wildman–Crippen MR) is 84.1 cm³/mol. The first-order valence-electron chi connectivity index (χ1n) is 7.56. The molecule has 1 atom stereocenters. The average molecular weight is 319 g/mol. The Kier molecular flexibility index (Phi) is 5.03. The van der Waals surface area contributed by atoms with Crippen LogP contribution < -0.4 is 5.32 Å². The third-order valence-electron chi connectivity index (χ3n) is 3.24. The quantitative estimate of drug-likeness (QED) is 0.681. The Labute approximate surface area is 135 Å². The van der Waals surface area contributed by atoms with Gasteiger partial charge in [0.25, 0.3) is 0 Å². The van der Waals surface area contributed by atoms with Crippen LogP contribution in [0.25, 0.3) is 0 Å². The van der Waals surface area contributed by atoms with Crippen molar-refractivity contribution in [1.29, 1.82) is 0 Å². The SMILES string of the molecule is CC(C)(C)OC(=O)Nc1cccc(CC[C@@H]2CC(=O)C(=O)O2)c1. The lowest BCUT2D eigenvalue weighted by atomic mass is 10.0. The van der Waals surface area contributed by atoms with Gasteiger partial charge in [0.15, 0.2) is 0 Å². The molecule has 1 saturated heterocycles. The lowest BCUT2D eigenvalue weighted by Gasteiger charge is -2.19. The van der Waals surface area contributed by atoms with Gasteiger partial charge in [-0.2, -0.15) is 0 Å². The number of ketones is 1. The first-order valence-corrected chi connectivity index (χ1v) is 7.56. The van der Waals surface area contributed by atoms with Gasteiger partial charge in [0, 0.05) is 5.69 Å². The second kappa shape index (κ2) is 6.81. The van der Waals surface area contributed by atoms with E-state index in [9.17, 15) is 14.4 Å². The molecule has 1 aromatic rings. The van der Waals surface area contributed by atoms with E-state index in [0.717, 1.165) is 5.56 Å². The summed E-state index contributed by atoms with van der Waals surface area (Å²) in [6.45, 7) is 5.40. The summed E-state index contributed by atoms with van der Waals surface area (Å²) in [5.74, 6) is -1.20. The fraction of sp³-hybridized carbons (Fsp3) is 0.471. The van der Waals surface area contributed by atoms with Crippen molar-refractivity contribution in [2.45, 2.75) is 51.7 Å². The summed E-state index contributed by atoms with van der Waals surface area (Å²) in [4.78, 5) is 34.0. The molecule has 1 aromatic carbocycles. The van der Waals surface area contributed by atoms with E-state index in [1.165, 1.54) is 0 Å². The van der Waals surface area contributed by atoms with Gasteiger partial charge in [0.2, 0.25) is 5.78 Å². The molecule has 6 nitrogen and oxygen atoms in total. The van der Waals surface area contributed by atoms with Crippen LogP contribution in [0.15, 0.2) is 24.3 Å². The van der Waals surface area contributed by atoms with Crippen molar-refractivity contribution in [3.05, 3.63) is 29.8 Å². The maximum Gasteiger partial charge on any atom is 0.412 e. The van der Waals surface area contributed by atoms with Gasteiger partial charge in [-0.3, -0.25) is 10.1 Å². The molecule has 0 spiro atoms. The second-order valence-electron chi connectivity index (χ2n) is 6.52. The summed E-state index contributed by atoms with van der Waals surface area (Å²) < 4.78 is 10.2. The maximum atomic E-state index is 11.8. The fourth-order valence-corrected chi connectivity index (χ4v) is 2.26. The summed E-state index contributed by atoms with van der Waals surface area (Å²) in [6.07, 6.45) is 0.513. The highest BCUT2D eigenvalue weighted by Gasteiger charge is 2.31. The van der Waals surface area contributed by atoms with Crippen molar-refractivity contribution in [3.63, 3.8) is 0 Å². The molecule has 1 aliphatic heterocycles. The summed E-state index contributed by atoms with van der Waals surface area (Å²) in [5.41, 5.74) is 1.06. The Bertz CT molecular complexity index is 602. The molecule has 23 heavy (non-hydrogen) atoms. The number of aryl methyl sites for hydroxylation is 1. The van der Waals surface area contributed by atoms with Crippen LogP contribution in [0.5, 0.6) is 0 Å². The van der Waals surface area contributed by atoms with Gasteiger partial charge >= 0.3 is 12.1 Å². The molecule has 1 fully saturated rings. The fourth-order valence-electron chi connectivity index (χ4n) is 2.26. The van der Waals surface area contributed by atoms with Crippen LogP contribution in [0.1, 0.15) is 39.2 Å². The van der Waals surface area contributed by atoms with E-state index in [-0.39, 0.29) is 12.5 Å². The van der Waals surface area contributed by atoms with Crippen LogP contribution >= 0.6 is 0 Å². The van der Waals surface area contributed by atoms with Gasteiger partial charge in [-0.1, -0.05) is 12.1 Å². The number of rotatable bonds is 4. The number of cyclic esters (lactones) is 1. The molecule has 0 saturated carbocycles. The molecular weight excluding hydrogens is 298 g/mol. The molecule has 1 N–H and O–H groups in total. The number of hydrogen-bond acceptors (Lipinski definition) is 5. The van der Waals surface area contributed by atoms with Crippen LogP contribution in [0, 0.1) is 0 Å². The Hall–Kier alpha value is -2.37. The number of amides is 1. The number of carbonyl (C=O) groups excluding carboxylic acids is 3. The van der Waals surface area contributed by atoms with E-state index in [0.29, 0.717) is 18.5 Å². The highest BCUT2D eigenvalue weighted by atomic mass is 16.6. The molecule has 1 amide bonds. The van der Waals surface area contributed by atoms with Gasteiger partial charge in [0.05, 0.1) is 6.42 Å². The van der Waals surface area contributed by atoms with Crippen LogP contribution in [0.3, 0.4) is 0 Å². The molecule has 6 heteroatoms. The number of carbonyl (C=O) groups is 3. The average Bonchev–Trinajstić information content (AvgIpc) is 2.74. The highest BCUT2D eigenvalue weighted by molar-refractivity contribution is 6.35. The van der Waals surface area contributed by atoms with Gasteiger partial charge in [-0.15, -0.1) is 0 Å². The number of Topliss-reactive ketones (excluding diaryl/α,β-unsaturated/α-hetero) is 1. The first-order chi connectivity index (χ1) is 10.7. The second-order valence-corrected chi connectivity index (χ2v) is 6.52. The van der Waals surface area contributed by atoms with Crippen LogP contribution in [0.2, 0.25) is 0 Å². The van der Waals surface area contributed by atoms with E-state index in [1.807, 2.05) is 18.2 Å². The van der Waals surface area contributed by atoms with Gasteiger partial charge in [-0.25, -0.2) is 9.59 Å². The lowest BCUT2D eigenvalue weighted by molar-refractivity contribution is -0.149. The minimum absolute atomic E-state index is 0.148. The zero-order valence-corrected chi connectivity index (χ0v) is 13.5. The van der Waals surface area contributed by atoms with Gasteiger partial charge in [-0.05, 0) is 51.3 Å². The molecule has 0 unspecified atom stereocenters. The van der Waals surface area contributed by atoms with Gasteiger partial charge < -0.3 is 9.47 Å². The number of benzene rings is 1. The van der Waals surface area contributed by atoms with Crippen LogP contribution in [0.4, 0.5) is 10.5 Å². The van der Waals surface area contributed by atoms with Crippen LogP contribution in [-0.2, 0) is 25.5 Å². The van der Waals surface area contributed by atoms with Gasteiger partial charge in [0.1, 0.15) is 11.7 Å². The number of hydrogen-bond donors (Lipinski definition) is 1. The topological polar surface area (TPSA) is 81.7 Å². The van der Waals surface area contributed by atoms with Crippen molar-refractivity contribution in [2.24, 2.45) is 0 Å². The summed E-state index contributed by atoms with van der Waals surface area (Å²) in [7, 11) is 0. The number of anilines is 1. The van der Waals surface area contributed by atoms with E-state index >= 15 is 0 Å². The maximum absolute atomic E-state index is 11.8. The van der Waals surface area contributed by atoms with Crippen LogP contribution in [-0.4, -0.2) is 29.6 Å². The molecule has 0 aromatic heterocycles. The zero-order valence-electron chi connectivity index (χ0n) is 13.5. The normalized spacial score (nSPS) is 17.8. The van der Waals surface area contributed by atoms with Crippen molar-refractivity contribution < 1.29 is 23.9 Å². The molecule has 0 radical (unpaired) electrons. The molecule has 124 valence electrons. The highest BCUT2D eigenvalue weighted by Crippen LogP contribution is 2.19. The van der Waals surface area contributed by atoms with Crippen molar-refractivity contribution in [1.82, 2.24) is 0 Å². The first kappa shape index (κ1) is 17.0. The predicted octanol–water partition coefficient (Wildman–Crippen LogP) is 2.85. The molecule has 2 rings (SSSR count). The molecule has 0 bridgehead atoms. The third kappa shape index (κ3) is 5.39. The third-order valence-corrected chi connectivity index (χ3v) is 3.24. The lowest BCUT2D eigenvalue weighted by Crippen LogP contribution is -2.27. The molecule has 0 aliphatic carbocycles. The van der Waals surface area contributed by atoms with Crippen molar-refractivity contribution in [2.75, 3.05) is 5.32 Å². The van der Waals surface area contributed by atoms with E-state index in [2.05, 4.69) is 5.32 Å². The standard InChI is InChI=1S/C17H21NO5/c1-17(2,3)23-16(21)18-12-6-4-5-11(9-12)7-8-13-10-14(19)15(20)22-13/h4-6,9,13H,7-8,10H2,1-3H3,(H,18,21)/t13-/m1/s1. The van der Waals surface area contributed by atoms with E-state index < -0.39 is 23.4 Å². The smallest absolute Gasteiger partial charge is 0.412 e. The monoisotopic (exact) mass is 319 g/mol. The minimum atomic E-state index is -0.740. The summed E-state index contributed by atoms with van der Waals surface area (Å²) in [5, 5.41) is 2.68. The molecular formula is C17H21NO5. The number of esters is 1. The zero-order chi connectivity index (χ0) is 17.0.